The van der Waals surface area contributed by atoms with Gasteiger partial charge in [-0.15, -0.1) is 11.3 Å². The Labute approximate surface area is 164 Å². The van der Waals surface area contributed by atoms with E-state index in [1.54, 1.807) is 29.7 Å². The molecule has 1 N–H and O–H groups in total. The number of pyridine rings is 1. The van der Waals surface area contributed by atoms with Crippen LogP contribution in [0.2, 0.25) is 0 Å². The Bertz CT molecular complexity index is 1320. The zero-order valence-corrected chi connectivity index (χ0v) is 15.8. The van der Waals surface area contributed by atoms with Crippen LogP contribution < -0.4 is 5.32 Å². The minimum Gasteiger partial charge on any atom is -0.463 e. The molecule has 3 heterocycles. The lowest BCUT2D eigenvalue weighted by Crippen LogP contribution is -2.13. The van der Waals surface area contributed by atoms with Crippen LogP contribution in [-0.4, -0.2) is 15.9 Å². The van der Waals surface area contributed by atoms with Crippen molar-refractivity contribution in [2.75, 3.05) is 5.32 Å². The highest BCUT2D eigenvalue weighted by atomic mass is 32.1. The zero-order valence-electron chi connectivity index (χ0n) is 15.0. The smallest absolute Gasteiger partial charge is 0.256 e. The van der Waals surface area contributed by atoms with E-state index < -0.39 is 0 Å². The monoisotopic (exact) mass is 385 g/mol. The standard InChI is InChI=1S/C22H15N3O2S/c1-13-23-18-9-8-14(11-21(18)28-13)24-22(26)16-12-19(20-7-4-10-27-20)25-17-6-3-2-5-15(16)17/h2-12H,1H3,(H,24,26). The molecule has 2 aromatic carbocycles. The molecular formula is C22H15N3O2S. The number of aryl methyl sites for hydroxylation is 1. The summed E-state index contributed by atoms with van der Waals surface area (Å²) in [5.41, 5.74) is 3.60. The first kappa shape index (κ1) is 16.6. The van der Waals surface area contributed by atoms with Gasteiger partial charge in [-0.3, -0.25) is 4.79 Å². The highest BCUT2D eigenvalue weighted by molar-refractivity contribution is 7.18. The Balaban J connectivity index is 1.57. The lowest BCUT2D eigenvalue weighted by atomic mass is 10.1. The normalized spacial score (nSPS) is 11.2. The Morgan fingerprint density at radius 1 is 1.00 bits per heavy atom. The molecular weight excluding hydrogens is 370 g/mol. The van der Waals surface area contributed by atoms with Crippen molar-refractivity contribution in [2.24, 2.45) is 0 Å². The lowest BCUT2D eigenvalue weighted by molar-refractivity contribution is 0.102. The predicted molar refractivity (Wildman–Crippen MR) is 112 cm³/mol. The molecule has 0 fully saturated rings. The minimum atomic E-state index is -0.188. The maximum Gasteiger partial charge on any atom is 0.256 e. The highest BCUT2D eigenvalue weighted by Gasteiger charge is 2.15. The van der Waals surface area contributed by atoms with Crippen LogP contribution in [0.1, 0.15) is 15.4 Å². The van der Waals surface area contributed by atoms with Gasteiger partial charge in [-0.25, -0.2) is 9.97 Å². The number of aromatic nitrogens is 2. The number of nitrogens with zero attached hydrogens (tertiary/aromatic N) is 2. The number of carbonyl (C=O) groups is 1. The molecule has 5 nitrogen and oxygen atoms in total. The number of anilines is 1. The van der Waals surface area contributed by atoms with Crippen molar-refractivity contribution in [3.63, 3.8) is 0 Å². The summed E-state index contributed by atoms with van der Waals surface area (Å²) in [6.45, 7) is 1.97. The van der Waals surface area contributed by atoms with Gasteiger partial charge in [0.1, 0.15) is 5.69 Å². The van der Waals surface area contributed by atoms with Crippen LogP contribution in [-0.2, 0) is 0 Å². The van der Waals surface area contributed by atoms with Gasteiger partial charge < -0.3 is 9.73 Å². The molecule has 0 saturated heterocycles. The van der Waals surface area contributed by atoms with Crippen molar-refractivity contribution in [1.82, 2.24) is 9.97 Å². The number of benzene rings is 2. The van der Waals surface area contributed by atoms with Gasteiger partial charge in [0.15, 0.2) is 5.76 Å². The maximum absolute atomic E-state index is 13.1. The molecule has 0 atom stereocenters. The van der Waals surface area contributed by atoms with Crippen LogP contribution in [0.15, 0.2) is 71.3 Å². The Morgan fingerprint density at radius 3 is 2.75 bits per heavy atom. The van der Waals surface area contributed by atoms with E-state index in [4.69, 9.17) is 4.42 Å². The molecule has 5 rings (SSSR count). The summed E-state index contributed by atoms with van der Waals surface area (Å²) < 4.78 is 6.52. The SMILES string of the molecule is Cc1nc2ccc(NC(=O)c3cc(-c4ccco4)nc4ccccc34)cc2s1. The molecule has 0 saturated carbocycles. The van der Waals surface area contributed by atoms with Crippen molar-refractivity contribution < 1.29 is 9.21 Å². The fourth-order valence-corrected chi connectivity index (χ4v) is 4.10. The topological polar surface area (TPSA) is 68.0 Å². The number of amides is 1. The van der Waals surface area contributed by atoms with Crippen molar-refractivity contribution in [3.8, 4) is 11.5 Å². The van der Waals surface area contributed by atoms with Gasteiger partial charge in [0.05, 0.1) is 32.6 Å². The van der Waals surface area contributed by atoms with Crippen molar-refractivity contribution in [2.45, 2.75) is 6.92 Å². The van der Waals surface area contributed by atoms with Crippen LogP contribution in [0.4, 0.5) is 5.69 Å². The van der Waals surface area contributed by atoms with E-state index in [1.165, 1.54) is 0 Å². The first-order chi connectivity index (χ1) is 13.7. The number of rotatable bonds is 3. The second-order valence-corrected chi connectivity index (χ2v) is 7.65. The molecule has 28 heavy (non-hydrogen) atoms. The van der Waals surface area contributed by atoms with Crippen LogP contribution >= 0.6 is 11.3 Å². The van der Waals surface area contributed by atoms with E-state index in [1.807, 2.05) is 55.5 Å². The number of thiazole rings is 1. The van der Waals surface area contributed by atoms with Crippen LogP contribution in [0.25, 0.3) is 32.6 Å². The number of fused-ring (bicyclic) bond motifs is 2. The first-order valence-corrected chi connectivity index (χ1v) is 9.61. The molecule has 0 aliphatic heterocycles. The fourth-order valence-electron chi connectivity index (χ4n) is 3.23. The minimum absolute atomic E-state index is 0.188. The third kappa shape index (κ3) is 2.93. The lowest BCUT2D eigenvalue weighted by Gasteiger charge is -2.10. The van der Waals surface area contributed by atoms with Crippen LogP contribution in [0.5, 0.6) is 0 Å². The molecule has 3 aromatic heterocycles. The molecule has 0 unspecified atom stereocenters. The third-order valence-corrected chi connectivity index (χ3v) is 5.42. The summed E-state index contributed by atoms with van der Waals surface area (Å²) in [4.78, 5) is 22.2. The fraction of sp³-hybridized carbons (Fsp3) is 0.0455. The number of para-hydroxylation sites is 1. The van der Waals surface area contributed by atoms with E-state index in [0.29, 0.717) is 17.0 Å². The summed E-state index contributed by atoms with van der Waals surface area (Å²) in [5.74, 6) is 0.438. The first-order valence-electron chi connectivity index (χ1n) is 8.79. The summed E-state index contributed by atoms with van der Waals surface area (Å²) in [6, 6.07) is 18.8. The van der Waals surface area contributed by atoms with Crippen LogP contribution in [0.3, 0.4) is 0 Å². The summed E-state index contributed by atoms with van der Waals surface area (Å²) in [5, 5.41) is 4.80. The van der Waals surface area contributed by atoms with E-state index >= 15 is 0 Å². The van der Waals surface area contributed by atoms with Crippen molar-refractivity contribution in [1.29, 1.82) is 0 Å². The quantitative estimate of drug-likeness (QED) is 0.435. The van der Waals surface area contributed by atoms with E-state index in [-0.39, 0.29) is 5.91 Å². The highest BCUT2D eigenvalue weighted by Crippen LogP contribution is 2.28. The molecule has 0 bridgehead atoms. The molecule has 0 spiro atoms. The molecule has 1 amide bonds. The summed E-state index contributed by atoms with van der Waals surface area (Å²) in [6.07, 6.45) is 1.60. The average molecular weight is 385 g/mol. The van der Waals surface area contributed by atoms with Gasteiger partial charge in [-0.05, 0) is 49.4 Å². The van der Waals surface area contributed by atoms with Gasteiger partial charge in [0, 0.05) is 11.1 Å². The van der Waals surface area contributed by atoms with E-state index in [2.05, 4.69) is 15.3 Å². The van der Waals surface area contributed by atoms with Gasteiger partial charge in [0.25, 0.3) is 5.91 Å². The largest absolute Gasteiger partial charge is 0.463 e. The van der Waals surface area contributed by atoms with Crippen molar-refractivity contribution in [3.05, 3.63) is 77.5 Å². The Morgan fingerprint density at radius 2 is 1.89 bits per heavy atom. The third-order valence-electron chi connectivity index (χ3n) is 4.49. The van der Waals surface area contributed by atoms with Gasteiger partial charge in [0.2, 0.25) is 0 Å². The van der Waals surface area contributed by atoms with E-state index in [0.717, 1.165) is 31.8 Å². The summed E-state index contributed by atoms with van der Waals surface area (Å²) in [7, 11) is 0. The maximum atomic E-state index is 13.1. The number of carbonyl (C=O) groups excluding carboxylic acids is 1. The molecule has 0 radical (unpaired) electrons. The number of nitrogens with one attached hydrogen (secondary N) is 1. The predicted octanol–water partition coefficient (Wildman–Crippen LogP) is 5.67. The molecule has 0 aliphatic carbocycles. The molecule has 6 heteroatoms. The number of furan rings is 1. The van der Waals surface area contributed by atoms with Gasteiger partial charge >= 0.3 is 0 Å². The van der Waals surface area contributed by atoms with Crippen molar-refractivity contribution >= 4 is 44.1 Å². The van der Waals surface area contributed by atoms with Gasteiger partial charge in [-0.2, -0.15) is 0 Å². The van der Waals surface area contributed by atoms with Gasteiger partial charge in [-0.1, -0.05) is 18.2 Å². The van der Waals surface area contributed by atoms with E-state index in [9.17, 15) is 4.79 Å². The Hall–Kier alpha value is -3.51. The second-order valence-electron chi connectivity index (χ2n) is 6.42. The second kappa shape index (κ2) is 6.58. The Kier molecular flexibility index (Phi) is 3.91. The zero-order chi connectivity index (χ0) is 19.1. The number of hydrogen-bond acceptors (Lipinski definition) is 5. The average Bonchev–Trinajstić information content (AvgIpc) is 3.35. The summed E-state index contributed by atoms with van der Waals surface area (Å²) >= 11 is 1.61. The molecule has 136 valence electrons. The number of hydrogen-bond donors (Lipinski definition) is 1. The molecule has 5 aromatic rings. The molecule has 0 aliphatic rings. The van der Waals surface area contributed by atoms with Crippen LogP contribution in [0, 0.1) is 6.92 Å².